The quantitative estimate of drug-likeness (QED) is 0.864. The van der Waals surface area contributed by atoms with Crippen LogP contribution in [0.2, 0.25) is 0 Å². The van der Waals surface area contributed by atoms with Crippen molar-refractivity contribution in [3.8, 4) is 0 Å². The van der Waals surface area contributed by atoms with Crippen LogP contribution < -0.4 is 0 Å². The van der Waals surface area contributed by atoms with E-state index in [0.717, 1.165) is 6.07 Å². The molecule has 0 radical (unpaired) electrons. The van der Waals surface area contributed by atoms with Crippen molar-refractivity contribution < 1.29 is 18.3 Å². The van der Waals surface area contributed by atoms with Crippen molar-refractivity contribution in [2.24, 2.45) is 0 Å². The maximum absolute atomic E-state index is 12.9. The second-order valence-corrected chi connectivity index (χ2v) is 4.86. The third kappa shape index (κ3) is 2.17. The van der Waals surface area contributed by atoms with Crippen molar-refractivity contribution in [3.63, 3.8) is 0 Å². The van der Waals surface area contributed by atoms with E-state index >= 15 is 0 Å². The molecule has 0 aliphatic carbocycles. The summed E-state index contributed by atoms with van der Waals surface area (Å²) in [5, 5.41) is 11.0. The number of halogens is 3. The first-order valence-electron chi connectivity index (χ1n) is 5.13. The third-order valence-corrected chi connectivity index (χ3v) is 3.70. The van der Waals surface area contributed by atoms with E-state index in [-0.39, 0.29) is 17.9 Å². The number of hydrogen-bond acceptors (Lipinski definition) is 2. The minimum Gasteiger partial charge on any atom is -0.396 e. The molecule has 2 aromatic rings. The van der Waals surface area contributed by atoms with Gasteiger partial charge in [0.15, 0.2) is 0 Å². The fourth-order valence-electron chi connectivity index (χ4n) is 1.81. The molecule has 1 atom stereocenters. The van der Waals surface area contributed by atoms with Crippen LogP contribution in [0.3, 0.4) is 0 Å². The average molecular weight is 260 g/mol. The Morgan fingerprint density at radius 1 is 1.35 bits per heavy atom. The Hall–Kier alpha value is -1.07. The smallest absolute Gasteiger partial charge is 0.396 e. The van der Waals surface area contributed by atoms with E-state index in [1.165, 1.54) is 17.4 Å². The molecule has 92 valence electrons. The first kappa shape index (κ1) is 12.4. The van der Waals surface area contributed by atoms with Crippen LogP contribution in [0.1, 0.15) is 24.0 Å². The molecule has 1 unspecified atom stereocenters. The normalized spacial score (nSPS) is 14.2. The highest BCUT2D eigenvalue weighted by molar-refractivity contribution is 7.17. The minimum atomic E-state index is -4.36. The Morgan fingerprint density at radius 3 is 2.65 bits per heavy atom. The lowest BCUT2D eigenvalue weighted by Gasteiger charge is -2.12. The van der Waals surface area contributed by atoms with Crippen molar-refractivity contribution in [1.82, 2.24) is 0 Å². The van der Waals surface area contributed by atoms with Gasteiger partial charge in [0.25, 0.3) is 0 Å². The first-order valence-corrected chi connectivity index (χ1v) is 6.01. The largest absolute Gasteiger partial charge is 0.417 e. The maximum atomic E-state index is 12.9. The van der Waals surface area contributed by atoms with Gasteiger partial charge in [-0.25, -0.2) is 0 Å². The Balaban J connectivity index is 2.72. The van der Waals surface area contributed by atoms with E-state index in [1.54, 1.807) is 18.4 Å². The van der Waals surface area contributed by atoms with Gasteiger partial charge in [-0.1, -0.05) is 13.0 Å². The standard InChI is InChI=1S/C12H11F3OS/c1-7(5-16)8-6-17-10-4-2-3-9(11(8)10)12(13,14)15/h2-4,6-7,16H,5H2,1H3. The van der Waals surface area contributed by atoms with Crippen molar-refractivity contribution in [2.75, 3.05) is 6.61 Å². The molecule has 0 aliphatic rings. The summed E-state index contributed by atoms with van der Waals surface area (Å²) >= 11 is 1.28. The predicted molar refractivity (Wildman–Crippen MR) is 62.3 cm³/mol. The van der Waals surface area contributed by atoms with Crippen LogP contribution in [0, 0.1) is 0 Å². The molecule has 0 fully saturated rings. The zero-order valence-electron chi connectivity index (χ0n) is 9.08. The molecule has 1 aromatic carbocycles. The summed E-state index contributed by atoms with van der Waals surface area (Å²) in [6, 6.07) is 4.17. The highest BCUT2D eigenvalue weighted by Crippen LogP contribution is 2.40. The summed E-state index contributed by atoms with van der Waals surface area (Å²) in [4.78, 5) is 0. The lowest BCUT2D eigenvalue weighted by atomic mass is 9.98. The first-order chi connectivity index (χ1) is 7.95. The third-order valence-electron chi connectivity index (χ3n) is 2.74. The number of thiophene rings is 1. The topological polar surface area (TPSA) is 20.2 Å². The number of fused-ring (bicyclic) bond motifs is 1. The van der Waals surface area contributed by atoms with Gasteiger partial charge >= 0.3 is 6.18 Å². The number of benzene rings is 1. The van der Waals surface area contributed by atoms with Crippen molar-refractivity contribution in [1.29, 1.82) is 0 Å². The number of rotatable bonds is 2. The lowest BCUT2D eigenvalue weighted by molar-refractivity contribution is -0.136. The summed E-state index contributed by atoms with van der Waals surface area (Å²) in [5.74, 6) is -0.285. The molecular weight excluding hydrogens is 249 g/mol. The molecule has 1 nitrogen and oxygen atoms in total. The molecule has 1 N–H and O–H groups in total. The molecule has 17 heavy (non-hydrogen) atoms. The lowest BCUT2D eigenvalue weighted by Crippen LogP contribution is -2.07. The summed E-state index contributed by atoms with van der Waals surface area (Å²) in [6.07, 6.45) is -4.36. The van der Waals surface area contributed by atoms with Gasteiger partial charge in [0.1, 0.15) is 0 Å². The van der Waals surface area contributed by atoms with Crippen LogP contribution in [0.25, 0.3) is 10.1 Å². The number of hydrogen-bond donors (Lipinski definition) is 1. The molecule has 0 bridgehead atoms. The predicted octanol–water partition coefficient (Wildman–Crippen LogP) is 4.02. The maximum Gasteiger partial charge on any atom is 0.417 e. The van der Waals surface area contributed by atoms with Crippen LogP contribution in [0.15, 0.2) is 23.6 Å². The van der Waals surface area contributed by atoms with Gasteiger partial charge < -0.3 is 5.11 Å². The van der Waals surface area contributed by atoms with Crippen LogP contribution >= 0.6 is 11.3 Å². The van der Waals surface area contributed by atoms with E-state index < -0.39 is 11.7 Å². The van der Waals surface area contributed by atoms with Gasteiger partial charge in [0.2, 0.25) is 0 Å². The van der Waals surface area contributed by atoms with E-state index in [2.05, 4.69) is 0 Å². The molecule has 0 amide bonds. The fraction of sp³-hybridized carbons (Fsp3) is 0.333. The zero-order chi connectivity index (χ0) is 12.6. The molecule has 5 heteroatoms. The fourth-order valence-corrected chi connectivity index (χ4v) is 2.92. The SMILES string of the molecule is CC(CO)c1csc2cccc(C(F)(F)F)c12. The van der Waals surface area contributed by atoms with Crippen molar-refractivity contribution in [3.05, 3.63) is 34.7 Å². The number of aliphatic hydroxyl groups is 1. The highest BCUT2D eigenvalue weighted by Gasteiger charge is 2.34. The van der Waals surface area contributed by atoms with Gasteiger partial charge in [0.05, 0.1) is 5.56 Å². The van der Waals surface area contributed by atoms with Crippen LogP contribution in [0.4, 0.5) is 13.2 Å². The molecule has 0 spiro atoms. The van der Waals surface area contributed by atoms with Gasteiger partial charge in [0, 0.05) is 22.6 Å². The summed E-state index contributed by atoms with van der Waals surface area (Å²) in [7, 11) is 0. The monoisotopic (exact) mass is 260 g/mol. The second kappa shape index (κ2) is 4.31. The molecule has 0 aliphatic heterocycles. The van der Waals surface area contributed by atoms with Crippen molar-refractivity contribution in [2.45, 2.75) is 19.0 Å². The van der Waals surface area contributed by atoms with Crippen molar-refractivity contribution >= 4 is 21.4 Å². The molecule has 0 saturated heterocycles. The van der Waals surface area contributed by atoms with Crippen LogP contribution in [0.5, 0.6) is 0 Å². The molecule has 2 rings (SSSR count). The van der Waals surface area contributed by atoms with E-state index in [4.69, 9.17) is 5.11 Å². The summed E-state index contributed by atoms with van der Waals surface area (Å²) in [5.41, 5.74) is -0.0491. The Bertz CT molecular complexity index is 530. The molecule has 0 saturated carbocycles. The van der Waals surface area contributed by atoms with Gasteiger partial charge in [-0.2, -0.15) is 13.2 Å². The summed E-state index contributed by atoms with van der Waals surface area (Å²) < 4.78 is 39.3. The van der Waals surface area contributed by atoms with Crippen LogP contribution in [-0.2, 0) is 6.18 Å². The minimum absolute atomic E-state index is 0.155. The zero-order valence-corrected chi connectivity index (χ0v) is 9.90. The van der Waals surface area contributed by atoms with Crippen LogP contribution in [-0.4, -0.2) is 11.7 Å². The Labute approximate surface area is 101 Å². The van der Waals surface area contributed by atoms with Gasteiger partial charge in [-0.3, -0.25) is 0 Å². The van der Waals surface area contributed by atoms with Gasteiger partial charge in [-0.05, 0) is 23.1 Å². The Morgan fingerprint density at radius 2 is 2.06 bits per heavy atom. The second-order valence-electron chi connectivity index (χ2n) is 3.95. The van der Waals surface area contributed by atoms with E-state index in [9.17, 15) is 13.2 Å². The summed E-state index contributed by atoms with van der Waals surface area (Å²) in [6.45, 7) is 1.56. The number of alkyl halides is 3. The Kier molecular flexibility index (Phi) is 3.14. The number of aliphatic hydroxyl groups excluding tert-OH is 1. The highest BCUT2D eigenvalue weighted by atomic mass is 32.1. The van der Waals surface area contributed by atoms with E-state index in [0.29, 0.717) is 10.3 Å². The molecule has 1 aromatic heterocycles. The van der Waals surface area contributed by atoms with E-state index in [1.807, 2.05) is 0 Å². The molecular formula is C12H11F3OS. The molecule has 1 heterocycles. The van der Waals surface area contributed by atoms with Gasteiger partial charge in [-0.15, -0.1) is 11.3 Å². The average Bonchev–Trinajstić information content (AvgIpc) is 2.70.